The summed E-state index contributed by atoms with van der Waals surface area (Å²) in [5, 5.41) is 4.25. The largest absolute Gasteiger partial charge is 0.489 e. The number of hydrogen-bond acceptors (Lipinski definition) is 3. The maximum absolute atomic E-state index is 14.2. The molecular weight excluding hydrogens is 321 g/mol. The molecule has 0 atom stereocenters. The number of rotatable bonds is 3. The number of benzene rings is 2. The number of ether oxygens (including phenoxy) is 1. The maximum Gasteiger partial charge on any atom is 0.261 e. The van der Waals surface area contributed by atoms with Crippen molar-refractivity contribution in [3.8, 4) is 5.75 Å². The van der Waals surface area contributed by atoms with E-state index in [0.29, 0.717) is 31.0 Å². The predicted octanol–water partition coefficient (Wildman–Crippen LogP) is 3.11. The Hall–Kier alpha value is -3.15. The van der Waals surface area contributed by atoms with Gasteiger partial charge in [0.2, 0.25) is 0 Å². The number of fused-ring (bicyclic) bond motifs is 1. The molecule has 4 rings (SSSR count). The lowest BCUT2D eigenvalue weighted by molar-refractivity contribution is 0.0975. The summed E-state index contributed by atoms with van der Waals surface area (Å²) in [5.41, 5.74) is 1.70. The molecule has 2 heterocycles. The van der Waals surface area contributed by atoms with E-state index in [9.17, 15) is 9.18 Å². The van der Waals surface area contributed by atoms with Gasteiger partial charge in [0.25, 0.3) is 5.91 Å². The molecule has 0 saturated heterocycles. The van der Waals surface area contributed by atoms with E-state index in [1.807, 2.05) is 30.3 Å². The minimum atomic E-state index is -0.470. The third-order valence-corrected chi connectivity index (χ3v) is 4.10. The van der Waals surface area contributed by atoms with Gasteiger partial charge in [-0.2, -0.15) is 5.10 Å². The summed E-state index contributed by atoms with van der Waals surface area (Å²) >= 11 is 0. The number of hydrogen-bond donors (Lipinski definition) is 0. The lowest BCUT2D eigenvalue weighted by atomic mass is 10.2. The summed E-state index contributed by atoms with van der Waals surface area (Å²) < 4.78 is 21.3. The number of para-hydroxylation sites is 1. The van der Waals surface area contributed by atoms with E-state index >= 15 is 0 Å². The number of amides is 1. The number of aromatic nitrogens is 2. The van der Waals surface area contributed by atoms with Crippen molar-refractivity contribution >= 4 is 11.6 Å². The van der Waals surface area contributed by atoms with E-state index in [4.69, 9.17) is 4.74 Å². The average molecular weight is 337 g/mol. The highest BCUT2D eigenvalue weighted by molar-refractivity contribution is 6.06. The van der Waals surface area contributed by atoms with Crippen molar-refractivity contribution in [1.82, 2.24) is 9.78 Å². The fourth-order valence-electron chi connectivity index (χ4n) is 2.92. The van der Waals surface area contributed by atoms with E-state index in [1.165, 1.54) is 17.2 Å². The van der Waals surface area contributed by atoms with Crippen LogP contribution in [0.2, 0.25) is 0 Å². The van der Waals surface area contributed by atoms with Crippen LogP contribution in [-0.2, 0) is 6.54 Å². The summed E-state index contributed by atoms with van der Waals surface area (Å²) in [6.45, 7) is 1.21. The molecule has 0 spiro atoms. The Morgan fingerprint density at radius 2 is 2.00 bits per heavy atom. The molecule has 0 fully saturated rings. The Bertz CT molecular complexity index is 908. The number of nitrogens with zero attached hydrogens (tertiary/aromatic N) is 3. The van der Waals surface area contributed by atoms with E-state index in [2.05, 4.69) is 5.10 Å². The normalized spacial score (nSPS) is 13.2. The van der Waals surface area contributed by atoms with Gasteiger partial charge >= 0.3 is 0 Å². The number of carbonyl (C=O) groups is 1. The van der Waals surface area contributed by atoms with Gasteiger partial charge < -0.3 is 4.74 Å². The third-order valence-electron chi connectivity index (χ3n) is 4.10. The molecule has 1 aliphatic heterocycles. The summed E-state index contributed by atoms with van der Waals surface area (Å²) in [7, 11) is 0. The molecule has 1 aliphatic rings. The fourth-order valence-corrected chi connectivity index (χ4v) is 2.92. The zero-order valence-electron chi connectivity index (χ0n) is 13.4. The Morgan fingerprint density at radius 1 is 1.16 bits per heavy atom. The second-order valence-electron chi connectivity index (χ2n) is 5.80. The zero-order chi connectivity index (χ0) is 17.2. The monoisotopic (exact) mass is 337 g/mol. The SMILES string of the molecule is O=C(c1cnn(Cc2ccccc2)c1)N1CCOc2cccc(F)c21. The van der Waals surface area contributed by atoms with Crippen molar-refractivity contribution < 1.29 is 13.9 Å². The number of anilines is 1. The molecule has 25 heavy (non-hydrogen) atoms. The fraction of sp³-hybridized carbons (Fsp3) is 0.158. The molecular formula is C19H16FN3O2. The predicted molar refractivity (Wildman–Crippen MR) is 91.3 cm³/mol. The first-order valence-electron chi connectivity index (χ1n) is 8.02. The van der Waals surface area contributed by atoms with Crippen molar-refractivity contribution in [3.63, 3.8) is 0 Å². The summed E-state index contributed by atoms with van der Waals surface area (Å²) in [5.74, 6) is -0.368. The highest BCUT2D eigenvalue weighted by Gasteiger charge is 2.28. The van der Waals surface area contributed by atoms with Crippen LogP contribution in [0, 0.1) is 5.82 Å². The van der Waals surface area contributed by atoms with Gasteiger partial charge in [0.05, 0.1) is 24.8 Å². The highest BCUT2D eigenvalue weighted by Crippen LogP contribution is 2.34. The lowest BCUT2D eigenvalue weighted by Crippen LogP contribution is -2.38. The van der Waals surface area contributed by atoms with Crippen LogP contribution in [0.5, 0.6) is 5.75 Å². The van der Waals surface area contributed by atoms with E-state index < -0.39 is 5.82 Å². The van der Waals surface area contributed by atoms with E-state index in [1.54, 1.807) is 23.0 Å². The highest BCUT2D eigenvalue weighted by atomic mass is 19.1. The first kappa shape index (κ1) is 15.4. The number of halogens is 1. The second-order valence-corrected chi connectivity index (χ2v) is 5.80. The molecule has 0 aliphatic carbocycles. The average Bonchev–Trinajstić information content (AvgIpc) is 3.10. The van der Waals surface area contributed by atoms with Crippen molar-refractivity contribution in [2.75, 3.05) is 18.1 Å². The van der Waals surface area contributed by atoms with E-state index in [0.717, 1.165) is 5.56 Å². The molecule has 2 aromatic carbocycles. The molecule has 6 heteroatoms. The van der Waals surface area contributed by atoms with Gasteiger partial charge in [0.15, 0.2) is 5.82 Å². The second kappa shape index (κ2) is 6.39. The smallest absolute Gasteiger partial charge is 0.261 e. The van der Waals surface area contributed by atoms with Crippen molar-refractivity contribution in [2.24, 2.45) is 0 Å². The van der Waals surface area contributed by atoms with Crippen molar-refractivity contribution in [2.45, 2.75) is 6.54 Å². The lowest BCUT2D eigenvalue weighted by Gasteiger charge is -2.29. The Labute approximate surface area is 144 Å². The van der Waals surface area contributed by atoms with Crippen LogP contribution in [0.3, 0.4) is 0 Å². The summed E-state index contributed by atoms with van der Waals surface area (Å²) in [6.07, 6.45) is 3.20. The van der Waals surface area contributed by atoms with Gasteiger partial charge in [-0.3, -0.25) is 14.4 Å². The van der Waals surface area contributed by atoms with Gasteiger partial charge in [-0.1, -0.05) is 36.4 Å². The third kappa shape index (κ3) is 2.98. The Balaban J connectivity index is 1.59. The van der Waals surface area contributed by atoms with E-state index in [-0.39, 0.29) is 11.6 Å². The van der Waals surface area contributed by atoms with Crippen LogP contribution in [0.25, 0.3) is 0 Å². The van der Waals surface area contributed by atoms with Crippen LogP contribution < -0.4 is 9.64 Å². The molecule has 0 bridgehead atoms. The first-order chi connectivity index (χ1) is 12.2. The Kier molecular flexibility index (Phi) is 3.93. The molecule has 0 saturated carbocycles. The molecule has 1 amide bonds. The molecule has 0 N–H and O–H groups in total. The van der Waals surface area contributed by atoms with Crippen LogP contribution >= 0.6 is 0 Å². The Morgan fingerprint density at radius 3 is 2.84 bits per heavy atom. The van der Waals surface area contributed by atoms with Gasteiger partial charge in [-0.25, -0.2) is 4.39 Å². The molecule has 0 unspecified atom stereocenters. The molecule has 1 aromatic heterocycles. The van der Waals surface area contributed by atoms with Crippen LogP contribution in [-0.4, -0.2) is 28.8 Å². The summed E-state index contributed by atoms with van der Waals surface area (Å²) in [4.78, 5) is 14.2. The van der Waals surface area contributed by atoms with Crippen LogP contribution in [0.4, 0.5) is 10.1 Å². The molecule has 0 radical (unpaired) electrons. The van der Waals surface area contributed by atoms with Gasteiger partial charge in [-0.05, 0) is 17.7 Å². The van der Waals surface area contributed by atoms with Crippen molar-refractivity contribution in [3.05, 3.63) is 77.9 Å². The van der Waals surface area contributed by atoms with Crippen LogP contribution in [0.1, 0.15) is 15.9 Å². The van der Waals surface area contributed by atoms with Gasteiger partial charge in [0, 0.05) is 6.20 Å². The van der Waals surface area contributed by atoms with Gasteiger partial charge in [-0.15, -0.1) is 0 Å². The van der Waals surface area contributed by atoms with Crippen molar-refractivity contribution in [1.29, 1.82) is 0 Å². The quantitative estimate of drug-likeness (QED) is 0.738. The number of carbonyl (C=O) groups excluding carboxylic acids is 1. The standard InChI is InChI=1S/C19H16FN3O2/c20-16-7-4-8-17-18(16)23(9-10-25-17)19(24)15-11-21-22(13-15)12-14-5-2-1-3-6-14/h1-8,11,13H,9-10,12H2. The maximum atomic E-state index is 14.2. The first-order valence-corrected chi connectivity index (χ1v) is 8.02. The minimum Gasteiger partial charge on any atom is -0.489 e. The van der Waals surface area contributed by atoms with Crippen LogP contribution in [0.15, 0.2) is 60.9 Å². The molecule has 3 aromatic rings. The minimum absolute atomic E-state index is 0.189. The van der Waals surface area contributed by atoms with Gasteiger partial charge in [0.1, 0.15) is 18.0 Å². The topological polar surface area (TPSA) is 47.4 Å². The molecule has 5 nitrogen and oxygen atoms in total. The summed E-state index contributed by atoms with van der Waals surface area (Å²) in [6, 6.07) is 14.4. The zero-order valence-corrected chi connectivity index (χ0v) is 13.4. The molecule has 126 valence electrons.